The van der Waals surface area contributed by atoms with E-state index in [9.17, 15) is 0 Å². The molecule has 0 aromatic heterocycles. The van der Waals surface area contributed by atoms with Gasteiger partial charge in [0.2, 0.25) is 0 Å². The second-order valence-corrected chi connectivity index (χ2v) is 1.62. The Hall–Kier alpha value is -0.0400. The molecule has 0 aromatic rings. The van der Waals surface area contributed by atoms with Crippen molar-refractivity contribution in [2.75, 3.05) is 19.6 Å². The molecule has 0 rings (SSSR count). The van der Waals surface area contributed by atoms with Crippen molar-refractivity contribution in [2.24, 2.45) is 0 Å². The van der Waals surface area contributed by atoms with Crippen molar-refractivity contribution < 1.29 is 0 Å². The number of rotatable bonds is 3. The Labute approximate surface area is 81.2 Å². The lowest BCUT2D eigenvalue weighted by Gasteiger charge is -2.13. The highest BCUT2D eigenvalue weighted by molar-refractivity contribution is 4.43. The van der Waals surface area contributed by atoms with E-state index in [-0.39, 0.29) is 7.43 Å². The molecule has 0 atom stereocenters. The highest BCUT2D eigenvalue weighted by Crippen LogP contribution is 1.81. The Bertz CT molecular complexity index is 26.5. The van der Waals surface area contributed by atoms with Crippen molar-refractivity contribution >= 4 is 0 Å². The molecule has 0 aliphatic carbocycles. The lowest BCUT2D eigenvalue weighted by Crippen LogP contribution is -2.21. The van der Waals surface area contributed by atoms with Crippen LogP contribution in [0.1, 0.15) is 55.9 Å². The Morgan fingerprint density at radius 1 is 0.667 bits per heavy atom. The first-order chi connectivity index (χ1) is 5.35. The number of hydrogen-bond donors (Lipinski definition) is 0. The predicted octanol–water partition coefficient (Wildman–Crippen LogP) is 4.04. The minimum atomic E-state index is 0. The van der Waals surface area contributed by atoms with Crippen molar-refractivity contribution in [1.82, 2.24) is 4.90 Å². The minimum absolute atomic E-state index is 0. The summed E-state index contributed by atoms with van der Waals surface area (Å²) in [4.78, 5) is 2.38. The van der Waals surface area contributed by atoms with Crippen LogP contribution in [0.4, 0.5) is 0 Å². The maximum Gasteiger partial charge on any atom is -0.00474 e. The summed E-state index contributed by atoms with van der Waals surface area (Å²) in [5.41, 5.74) is 0. The molecular weight excluding hydrogens is 146 g/mol. The lowest BCUT2D eigenvalue weighted by molar-refractivity contribution is 0.321. The molecule has 0 fully saturated rings. The van der Waals surface area contributed by atoms with Gasteiger partial charge < -0.3 is 4.90 Å². The quantitative estimate of drug-likeness (QED) is 0.629. The van der Waals surface area contributed by atoms with Crippen LogP contribution in [0.2, 0.25) is 0 Å². The van der Waals surface area contributed by atoms with Crippen molar-refractivity contribution in [3.8, 4) is 0 Å². The molecule has 12 heavy (non-hydrogen) atoms. The molecule has 0 radical (unpaired) electrons. The summed E-state index contributed by atoms with van der Waals surface area (Å²) in [6.45, 7) is 18.1. The number of hydrogen-bond acceptors (Lipinski definition) is 1. The van der Waals surface area contributed by atoms with Gasteiger partial charge in [-0.2, -0.15) is 0 Å². The Morgan fingerprint density at radius 3 is 0.833 bits per heavy atom. The van der Waals surface area contributed by atoms with Gasteiger partial charge in [0.15, 0.2) is 0 Å². The SMILES string of the molecule is C.CC.CC.CCN(CC)CC. The zero-order chi connectivity index (χ0) is 9.70. The highest BCUT2D eigenvalue weighted by Gasteiger charge is 1.89. The van der Waals surface area contributed by atoms with Gasteiger partial charge in [0.25, 0.3) is 0 Å². The molecule has 0 saturated heterocycles. The van der Waals surface area contributed by atoms with Gasteiger partial charge >= 0.3 is 0 Å². The average Bonchev–Trinajstić information content (AvgIpc) is 2.14. The normalized spacial score (nSPS) is 7.00. The Morgan fingerprint density at radius 2 is 0.833 bits per heavy atom. The van der Waals surface area contributed by atoms with Crippen LogP contribution >= 0.6 is 0 Å². The summed E-state index contributed by atoms with van der Waals surface area (Å²) in [6, 6.07) is 0. The van der Waals surface area contributed by atoms with Crippen LogP contribution in [0.15, 0.2) is 0 Å². The van der Waals surface area contributed by atoms with E-state index < -0.39 is 0 Å². The van der Waals surface area contributed by atoms with Crippen LogP contribution in [0.25, 0.3) is 0 Å². The molecule has 0 heterocycles. The fourth-order valence-corrected chi connectivity index (χ4v) is 0.671. The fraction of sp³-hybridized carbons (Fsp3) is 1.00. The molecule has 1 nitrogen and oxygen atoms in total. The third-order valence-corrected chi connectivity index (χ3v) is 1.34. The van der Waals surface area contributed by atoms with Gasteiger partial charge in [-0.25, -0.2) is 0 Å². The topological polar surface area (TPSA) is 3.24 Å². The highest BCUT2D eigenvalue weighted by atomic mass is 15.1. The molecule has 0 amide bonds. The van der Waals surface area contributed by atoms with Gasteiger partial charge in [-0.1, -0.05) is 55.9 Å². The minimum Gasteiger partial charge on any atom is -0.304 e. The zero-order valence-electron chi connectivity index (χ0n) is 9.57. The monoisotopic (exact) mass is 177 g/mol. The second kappa shape index (κ2) is 30.6. The van der Waals surface area contributed by atoms with Gasteiger partial charge in [0, 0.05) is 0 Å². The summed E-state index contributed by atoms with van der Waals surface area (Å²) >= 11 is 0. The Kier molecular flexibility index (Phi) is 57.8. The largest absolute Gasteiger partial charge is 0.304 e. The molecule has 0 aromatic carbocycles. The van der Waals surface area contributed by atoms with E-state index in [0.29, 0.717) is 0 Å². The van der Waals surface area contributed by atoms with E-state index in [1.807, 2.05) is 27.7 Å². The van der Waals surface area contributed by atoms with E-state index in [0.717, 1.165) is 0 Å². The summed E-state index contributed by atoms with van der Waals surface area (Å²) < 4.78 is 0. The average molecular weight is 177 g/mol. The maximum atomic E-state index is 2.38. The van der Waals surface area contributed by atoms with E-state index >= 15 is 0 Å². The van der Waals surface area contributed by atoms with Gasteiger partial charge in [-0.3, -0.25) is 0 Å². The van der Waals surface area contributed by atoms with E-state index in [4.69, 9.17) is 0 Å². The van der Waals surface area contributed by atoms with Crippen LogP contribution in [-0.4, -0.2) is 24.5 Å². The molecule has 0 saturated carbocycles. The summed E-state index contributed by atoms with van der Waals surface area (Å²) in [6.07, 6.45) is 0. The van der Waals surface area contributed by atoms with Crippen molar-refractivity contribution in [1.29, 1.82) is 0 Å². The molecule has 80 valence electrons. The van der Waals surface area contributed by atoms with Gasteiger partial charge in [-0.05, 0) is 19.6 Å². The summed E-state index contributed by atoms with van der Waals surface area (Å²) in [5.74, 6) is 0. The first-order valence-corrected chi connectivity index (χ1v) is 5.07. The van der Waals surface area contributed by atoms with Gasteiger partial charge in [-0.15, -0.1) is 0 Å². The van der Waals surface area contributed by atoms with E-state index in [1.54, 1.807) is 0 Å². The molecule has 0 unspecified atom stereocenters. The van der Waals surface area contributed by atoms with Crippen molar-refractivity contribution in [3.63, 3.8) is 0 Å². The van der Waals surface area contributed by atoms with Gasteiger partial charge in [0.1, 0.15) is 0 Å². The van der Waals surface area contributed by atoms with Crippen molar-refractivity contribution in [3.05, 3.63) is 0 Å². The lowest BCUT2D eigenvalue weighted by atomic mass is 10.5. The predicted molar refractivity (Wildman–Crippen MR) is 62.9 cm³/mol. The summed E-state index contributed by atoms with van der Waals surface area (Å²) in [7, 11) is 0. The van der Waals surface area contributed by atoms with Gasteiger partial charge in [0.05, 0.1) is 0 Å². The van der Waals surface area contributed by atoms with E-state index in [2.05, 4.69) is 25.7 Å². The Balaban J connectivity index is -0.0000000560. The molecule has 1 heteroatoms. The number of nitrogens with zero attached hydrogens (tertiary/aromatic N) is 1. The smallest absolute Gasteiger partial charge is 0.00474 e. The van der Waals surface area contributed by atoms with Crippen LogP contribution in [0, 0.1) is 0 Å². The van der Waals surface area contributed by atoms with E-state index in [1.165, 1.54) is 19.6 Å². The van der Waals surface area contributed by atoms with Crippen molar-refractivity contribution in [2.45, 2.75) is 55.9 Å². The third-order valence-electron chi connectivity index (χ3n) is 1.34. The van der Waals surface area contributed by atoms with Crippen LogP contribution < -0.4 is 0 Å². The first kappa shape index (κ1) is 22.7. The summed E-state index contributed by atoms with van der Waals surface area (Å²) in [5, 5.41) is 0. The molecule has 0 aliphatic rings. The second-order valence-electron chi connectivity index (χ2n) is 1.62. The third kappa shape index (κ3) is 22.5. The first-order valence-electron chi connectivity index (χ1n) is 5.07. The van der Waals surface area contributed by atoms with Crippen LogP contribution in [0.3, 0.4) is 0 Å². The zero-order valence-corrected chi connectivity index (χ0v) is 9.57. The maximum absolute atomic E-state index is 2.38. The molecule has 0 N–H and O–H groups in total. The standard InChI is InChI=1S/C6H15N.2C2H6.CH4/c1-4-7(5-2)6-3;2*1-2;/h4-6H2,1-3H3;2*1-2H3;1H4. The molecule has 0 aliphatic heterocycles. The van der Waals surface area contributed by atoms with Crippen LogP contribution in [0.5, 0.6) is 0 Å². The van der Waals surface area contributed by atoms with Crippen LogP contribution in [-0.2, 0) is 0 Å². The molecule has 0 bridgehead atoms. The molecule has 0 spiro atoms. The fourth-order valence-electron chi connectivity index (χ4n) is 0.671. The molecular formula is C11H31N.